The summed E-state index contributed by atoms with van der Waals surface area (Å²) < 4.78 is 4.99. The van der Waals surface area contributed by atoms with Gasteiger partial charge in [-0.05, 0) is 44.9 Å². The molecule has 0 bridgehead atoms. The Labute approximate surface area is 98.9 Å². The molecule has 2 unspecified atom stereocenters. The fourth-order valence-corrected chi connectivity index (χ4v) is 3.22. The zero-order valence-electron chi connectivity index (χ0n) is 11.2. The van der Waals surface area contributed by atoms with Gasteiger partial charge in [-0.2, -0.15) is 0 Å². The lowest BCUT2D eigenvalue weighted by molar-refractivity contribution is -0.152. The van der Waals surface area contributed by atoms with E-state index in [1.54, 1.807) is 0 Å². The van der Waals surface area contributed by atoms with Gasteiger partial charge in [-0.15, -0.1) is 0 Å². The molecule has 3 heteroatoms. The van der Waals surface area contributed by atoms with Crippen LogP contribution in [0.4, 0.5) is 0 Å². The summed E-state index contributed by atoms with van der Waals surface area (Å²) in [7, 11) is 1.48. The number of ether oxygens (including phenoxy) is 1. The van der Waals surface area contributed by atoms with Crippen LogP contribution >= 0.6 is 0 Å². The zero-order valence-corrected chi connectivity index (χ0v) is 11.2. The van der Waals surface area contributed by atoms with E-state index in [0.29, 0.717) is 17.9 Å². The van der Waals surface area contributed by atoms with E-state index in [4.69, 9.17) is 4.74 Å². The van der Waals surface area contributed by atoms with E-state index in [-0.39, 0.29) is 5.97 Å². The third-order valence-corrected chi connectivity index (χ3v) is 3.34. The molecule has 3 nitrogen and oxygen atoms in total. The number of methoxy groups -OCH3 is 1. The molecule has 1 aliphatic rings. The molecule has 0 spiro atoms. The maximum Gasteiger partial charge on any atom is 0.326 e. The highest BCUT2D eigenvalue weighted by molar-refractivity contribution is 5.81. The topological polar surface area (TPSA) is 38.3 Å². The lowest BCUT2D eigenvalue weighted by Crippen LogP contribution is -2.58. The van der Waals surface area contributed by atoms with Gasteiger partial charge in [0.2, 0.25) is 0 Å². The SMILES string of the molecule is COC(=O)C1(NC(C)C)CC(C)CC(C)C1. The molecule has 1 N–H and O–H groups in total. The Morgan fingerprint density at radius 2 is 1.81 bits per heavy atom. The Kier molecular flexibility index (Phi) is 4.36. The lowest BCUT2D eigenvalue weighted by atomic mass is 9.71. The molecule has 1 rings (SSSR count). The van der Waals surface area contributed by atoms with Crippen molar-refractivity contribution in [2.24, 2.45) is 11.8 Å². The third kappa shape index (κ3) is 2.97. The first-order chi connectivity index (χ1) is 7.39. The maximum atomic E-state index is 12.0. The Morgan fingerprint density at radius 3 is 2.19 bits per heavy atom. The summed E-state index contributed by atoms with van der Waals surface area (Å²) in [5.41, 5.74) is -0.458. The van der Waals surface area contributed by atoms with Gasteiger partial charge in [0, 0.05) is 6.04 Å². The Morgan fingerprint density at radius 1 is 1.31 bits per heavy atom. The Bertz CT molecular complexity index is 235. The maximum absolute atomic E-state index is 12.0. The monoisotopic (exact) mass is 227 g/mol. The van der Waals surface area contributed by atoms with Crippen molar-refractivity contribution >= 4 is 5.97 Å². The Balaban J connectivity index is 2.88. The smallest absolute Gasteiger partial charge is 0.326 e. The van der Waals surface area contributed by atoms with Gasteiger partial charge >= 0.3 is 5.97 Å². The number of nitrogens with one attached hydrogen (secondary N) is 1. The van der Waals surface area contributed by atoms with E-state index < -0.39 is 5.54 Å². The van der Waals surface area contributed by atoms with Crippen LogP contribution < -0.4 is 5.32 Å². The van der Waals surface area contributed by atoms with Crippen LogP contribution in [-0.2, 0) is 9.53 Å². The second-order valence-electron chi connectivity index (χ2n) is 5.73. The molecular weight excluding hydrogens is 202 g/mol. The van der Waals surface area contributed by atoms with Gasteiger partial charge in [-0.25, -0.2) is 0 Å². The minimum Gasteiger partial charge on any atom is -0.468 e. The molecule has 0 amide bonds. The molecular formula is C13H25NO2. The predicted molar refractivity (Wildman–Crippen MR) is 65.2 cm³/mol. The first-order valence-corrected chi connectivity index (χ1v) is 6.25. The standard InChI is InChI=1S/C13H25NO2/c1-9(2)14-13(12(15)16-5)7-10(3)6-11(4)8-13/h9-11,14H,6-8H2,1-5H3. The second kappa shape index (κ2) is 5.17. The highest BCUT2D eigenvalue weighted by Gasteiger charge is 2.45. The van der Waals surface area contributed by atoms with E-state index in [2.05, 4.69) is 33.0 Å². The molecule has 1 aliphatic carbocycles. The fraction of sp³-hybridized carbons (Fsp3) is 0.923. The second-order valence-corrected chi connectivity index (χ2v) is 5.73. The van der Waals surface area contributed by atoms with Crippen LogP contribution in [0.2, 0.25) is 0 Å². The van der Waals surface area contributed by atoms with Crippen molar-refractivity contribution in [2.45, 2.75) is 58.5 Å². The molecule has 2 atom stereocenters. The summed E-state index contributed by atoms with van der Waals surface area (Å²) in [6, 6.07) is 0.302. The van der Waals surface area contributed by atoms with Crippen molar-refractivity contribution in [3.8, 4) is 0 Å². The van der Waals surface area contributed by atoms with E-state index >= 15 is 0 Å². The van der Waals surface area contributed by atoms with Crippen molar-refractivity contribution in [1.82, 2.24) is 5.32 Å². The average molecular weight is 227 g/mol. The number of carbonyl (C=O) groups is 1. The molecule has 0 aromatic rings. The first kappa shape index (κ1) is 13.5. The minimum atomic E-state index is -0.458. The molecule has 0 saturated heterocycles. The fourth-order valence-electron chi connectivity index (χ4n) is 3.22. The highest BCUT2D eigenvalue weighted by atomic mass is 16.5. The van der Waals surface area contributed by atoms with E-state index in [9.17, 15) is 4.79 Å². The van der Waals surface area contributed by atoms with Crippen molar-refractivity contribution in [3.63, 3.8) is 0 Å². The summed E-state index contributed by atoms with van der Waals surface area (Å²) in [5.74, 6) is 1.06. The molecule has 0 aromatic carbocycles. The number of esters is 1. The largest absolute Gasteiger partial charge is 0.468 e. The first-order valence-electron chi connectivity index (χ1n) is 6.25. The highest BCUT2D eigenvalue weighted by Crippen LogP contribution is 2.37. The van der Waals surface area contributed by atoms with Crippen LogP contribution in [0.15, 0.2) is 0 Å². The predicted octanol–water partition coefficient (Wildman–Crippen LogP) is 2.35. The van der Waals surface area contributed by atoms with Crippen LogP contribution in [-0.4, -0.2) is 24.7 Å². The van der Waals surface area contributed by atoms with E-state index in [0.717, 1.165) is 12.8 Å². The van der Waals surface area contributed by atoms with Crippen molar-refractivity contribution in [3.05, 3.63) is 0 Å². The summed E-state index contributed by atoms with van der Waals surface area (Å²) in [5, 5.41) is 3.43. The zero-order chi connectivity index (χ0) is 12.3. The summed E-state index contributed by atoms with van der Waals surface area (Å²) >= 11 is 0. The van der Waals surface area contributed by atoms with Gasteiger partial charge in [0.05, 0.1) is 7.11 Å². The van der Waals surface area contributed by atoms with Crippen molar-refractivity contribution in [1.29, 1.82) is 0 Å². The molecule has 0 aliphatic heterocycles. The number of carbonyl (C=O) groups excluding carboxylic acids is 1. The molecule has 0 aromatic heterocycles. The van der Waals surface area contributed by atoms with Gasteiger partial charge in [-0.3, -0.25) is 10.1 Å². The quantitative estimate of drug-likeness (QED) is 0.752. The van der Waals surface area contributed by atoms with Crippen molar-refractivity contribution in [2.75, 3.05) is 7.11 Å². The lowest BCUT2D eigenvalue weighted by Gasteiger charge is -2.42. The Hall–Kier alpha value is -0.570. The molecule has 1 saturated carbocycles. The molecule has 16 heavy (non-hydrogen) atoms. The van der Waals surface area contributed by atoms with Crippen LogP contribution in [0.3, 0.4) is 0 Å². The van der Waals surface area contributed by atoms with Gasteiger partial charge in [-0.1, -0.05) is 13.8 Å². The molecule has 94 valence electrons. The minimum absolute atomic E-state index is 0.0976. The van der Waals surface area contributed by atoms with Gasteiger partial charge < -0.3 is 4.74 Å². The molecule has 0 radical (unpaired) electrons. The van der Waals surface area contributed by atoms with Crippen LogP contribution in [0.5, 0.6) is 0 Å². The van der Waals surface area contributed by atoms with Crippen LogP contribution in [0, 0.1) is 11.8 Å². The van der Waals surface area contributed by atoms with Crippen molar-refractivity contribution < 1.29 is 9.53 Å². The average Bonchev–Trinajstić information content (AvgIpc) is 2.13. The summed E-state index contributed by atoms with van der Waals surface area (Å²) in [6.07, 6.45) is 2.99. The molecule has 1 fully saturated rings. The number of hydrogen-bond donors (Lipinski definition) is 1. The van der Waals surface area contributed by atoms with Crippen LogP contribution in [0.1, 0.15) is 47.0 Å². The van der Waals surface area contributed by atoms with Gasteiger partial charge in [0.1, 0.15) is 5.54 Å². The van der Waals surface area contributed by atoms with E-state index in [1.807, 2.05) is 0 Å². The van der Waals surface area contributed by atoms with Gasteiger partial charge in [0.15, 0.2) is 0 Å². The van der Waals surface area contributed by atoms with E-state index in [1.165, 1.54) is 13.5 Å². The number of rotatable bonds is 3. The molecule has 0 heterocycles. The normalized spacial score (nSPS) is 35.1. The summed E-state index contributed by atoms with van der Waals surface area (Å²) in [6.45, 7) is 8.59. The summed E-state index contributed by atoms with van der Waals surface area (Å²) in [4.78, 5) is 12.0. The number of hydrogen-bond acceptors (Lipinski definition) is 3. The third-order valence-electron chi connectivity index (χ3n) is 3.34. The van der Waals surface area contributed by atoms with Gasteiger partial charge in [0.25, 0.3) is 0 Å². The van der Waals surface area contributed by atoms with Crippen LogP contribution in [0.25, 0.3) is 0 Å².